The smallest absolute Gasteiger partial charge is 0.0596 e. The maximum absolute atomic E-state index is 6.28. The van der Waals surface area contributed by atoms with Crippen LogP contribution in [-0.4, -0.2) is 48.6 Å². The van der Waals surface area contributed by atoms with Crippen molar-refractivity contribution in [3.8, 4) is 0 Å². The molecule has 1 aromatic heterocycles. The van der Waals surface area contributed by atoms with Gasteiger partial charge in [0.05, 0.1) is 6.04 Å². The molecular weight excluding hydrogens is 242 g/mol. The van der Waals surface area contributed by atoms with E-state index in [2.05, 4.69) is 49.1 Å². The Hall–Kier alpha value is -0.420. The maximum Gasteiger partial charge on any atom is 0.0596 e. The van der Waals surface area contributed by atoms with Crippen LogP contribution in [0.4, 0.5) is 0 Å². The molecule has 0 saturated carbocycles. The molecule has 1 saturated heterocycles. The van der Waals surface area contributed by atoms with Crippen molar-refractivity contribution in [1.82, 2.24) is 9.80 Å². The number of aryl methyl sites for hydroxylation is 1. The number of thiophene rings is 1. The fourth-order valence-electron chi connectivity index (χ4n) is 2.95. The molecule has 3 atom stereocenters. The average molecular weight is 267 g/mol. The Kier molecular flexibility index (Phi) is 4.43. The Bertz CT molecular complexity index is 388. The van der Waals surface area contributed by atoms with Crippen LogP contribution in [0, 0.1) is 6.92 Å². The average Bonchev–Trinajstić information content (AvgIpc) is 2.68. The normalized spacial score (nSPS) is 26.2. The van der Waals surface area contributed by atoms with Crippen molar-refractivity contribution in [1.29, 1.82) is 0 Å². The molecule has 0 radical (unpaired) electrons. The molecule has 18 heavy (non-hydrogen) atoms. The minimum absolute atomic E-state index is 0.174. The van der Waals surface area contributed by atoms with Gasteiger partial charge in [0, 0.05) is 36.6 Å². The second-order valence-corrected chi connectivity index (χ2v) is 6.57. The second-order valence-electron chi connectivity index (χ2n) is 5.62. The van der Waals surface area contributed by atoms with Crippen LogP contribution in [0.2, 0.25) is 0 Å². The van der Waals surface area contributed by atoms with Gasteiger partial charge in [-0.2, -0.15) is 0 Å². The van der Waals surface area contributed by atoms with Gasteiger partial charge in [-0.3, -0.25) is 4.90 Å². The second kappa shape index (κ2) is 5.70. The first-order valence-corrected chi connectivity index (χ1v) is 7.62. The number of hydrogen-bond acceptors (Lipinski definition) is 4. The Morgan fingerprint density at radius 2 is 2.17 bits per heavy atom. The third-order valence-electron chi connectivity index (χ3n) is 3.91. The van der Waals surface area contributed by atoms with Gasteiger partial charge < -0.3 is 10.6 Å². The molecular formula is C14H25N3S. The molecule has 2 heterocycles. The van der Waals surface area contributed by atoms with Gasteiger partial charge in [0.25, 0.3) is 0 Å². The van der Waals surface area contributed by atoms with Gasteiger partial charge in [0.2, 0.25) is 0 Å². The largest absolute Gasteiger partial charge is 0.326 e. The third kappa shape index (κ3) is 2.77. The number of likely N-dealkylation sites (N-methyl/N-ethyl adjacent to an activating group) is 1. The summed E-state index contributed by atoms with van der Waals surface area (Å²) in [4.78, 5) is 6.44. The Labute approximate surface area is 115 Å². The van der Waals surface area contributed by atoms with Gasteiger partial charge in [-0.1, -0.05) is 0 Å². The predicted octanol–water partition coefficient (Wildman–Crippen LogP) is 2.08. The van der Waals surface area contributed by atoms with Gasteiger partial charge in [-0.15, -0.1) is 11.3 Å². The van der Waals surface area contributed by atoms with E-state index < -0.39 is 0 Å². The van der Waals surface area contributed by atoms with Crippen LogP contribution in [0.25, 0.3) is 0 Å². The SMILES string of the molecule is Cc1ccsc1C(C(C)N)N1CCN(C)CC1C. The summed E-state index contributed by atoms with van der Waals surface area (Å²) in [7, 11) is 2.20. The van der Waals surface area contributed by atoms with E-state index in [1.165, 1.54) is 10.4 Å². The Morgan fingerprint density at radius 3 is 2.67 bits per heavy atom. The lowest BCUT2D eigenvalue weighted by Gasteiger charge is -2.44. The zero-order chi connectivity index (χ0) is 13.3. The van der Waals surface area contributed by atoms with Gasteiger partial charge in [-0.25, -0.2) is 0 Å². The quantitative estimate of drug-likeness (QED) is 0.910. The van der Waals surface area contributed by atoms with Crippen molar-refractivity contribution < 1.29 is 0 Å². The van der Waals surface area contributed by atoms with E-state index in [-0.39, 0.29) is 6.04 Å². The van der Waals surface area contributed by atoms with Gasteiger partial charge >= 0.3 is 0 Å². The highest BCUT2D eigenvalue weighted by Gasteiger charge is 2.32. The van der Waals surface area contributed by atoms with E-state index in [4.69, 9.17) is 5.73 Å². The fraction of sp³-hybridized carbons (Fsp3) is 0.714. The van der Waals surface area contributed by atoms with E-state index in [0.29, 0.717) is 12.1 Å². The van der Waals surface area contributed by atoms with E-state index in [1.807, 2.05) is 11.3 Å². The van der Waals surface area contributed by atoms with E-state index in [0.717, 1.165) is 19.6 Å². The lowest BCUT2D eigenvalue weighted by molar-refractivity contribution is 0.0533. The summed E-state index contributed by atoms with van der Waals surface area (Å²) in [5, 5.41) is 2.18. The first-order valence-electron chi connectivity index (χ1n) is 6.74. The molecule has 2 N–H and O–H groups in total. The van der Waals surface area contributed by atoms with Crippen molar-refractivity contribution in [3.63, 3.8) is 0 Å². The Morgan fingerprint density at radius 1 is 1.44 bits per heavy atom. The van der Waals surface area contributed by atoms with Crippen molar-refractivity contribution in [3.05, 3.63) is 21.9 Å². The van der Waals surface area contributed by atoms with Crippen LogP contribution in [0.15, 0.2) is 11.4 Å². The lowest BCUT2D eigenvalue weighted by atomic mass is 10.0. The van der Waals surface area contributed by atoms with Crippen LogP contribution in [-0.2, 0) is 0 Å². The molecule has 3 nitrogen and oxygen atoms in total. The monoisotopic (exact) mass is 267 g/mol. The van der Waals surface area contributed by atoms with E-state index >= 15 is 0 Å². The number of piperazine rings is 1. The zero-order valence-corrected chi connectivity index (χ0v) is 12.7. The summed E-state index contributed by atoms with van der Waals surface area (Å²) in [6.45, 7) is 10.0. The molecule has 1 aromatic rings. The van der Waals surface area contributed by atoms with Gasteiger partial charge in [0.1, 0.15) is 0 Å². The summed E-state index contributed by atoms with van der Waals surface area (Å²) < 4.78 is 0. The first-order chi connectivity index (χ1) is 8.50. The summed E-state index contributed by atoms with van der Waals surface area (Å²) in [6, 6.07) is 3.32. The summed E-state index contributed by atoms with van der Waals surface area (Å²) in [6.07, 6.45) is 0. The molecule has 4 heteroatoms. The van der Waals surface area contributed by atoms with Gasteiger partial charge in [0.15, 0.2) is 0 Å². The molecule has 0 aromatic carbocycles. The Balaban J connectivity index is 2.23. The minimum atomic E-state index is 0.174. The maximum atomic E-state index is 6.28. The van der Waals surface area contributed by atoms with Crippen LogP contribution >= 0.6 is 11.3 Å². The summed E-state index contributed by atoms with van der Waals surface area (Å²) in [5.41, 5.74) is 7.66. The molecule has 0 bridgehead atoms. The van der Waals surface area contributed by atoms with E-state index in [1.54, 1.807) is 0 Å². The fourth-order valence-corrected chi connectivity index (χ4v) is 4.11. The van der Waals surface area contributed by atoms with Crippen LogP contribution < -0.4 is 5.73 Å². The molecule has 3 unspecified atom stereocenters. The van der Waals surface area contributed by atoms with Crippen LogP contribution in [0.5, 0.6) is 0 Å². The molecule has 0 spiro atoms. The molecule has 0 amide bonds. The molecule has 102 valence electrons. The third-order valence-corrected chi connectivity index (χ3v) is 5.00. The standard InChI is InChI=1S/C14H25N3S/c1-10-5-8-18-14(10)13(12(3)15)17-7-6-16(4)9-11(17)2/h5,8,11-13H,6-7,9,15H2,1-4H3. The topological polar surface area (TPSA) is 32.5 Å². The van der Waals surface area contributed by atoms with Gasteiger partial charge in [-0.05, 0) is 44.8 Å². The molecule has 0 aliphatic carbocycles. The highest BCUT2D eigenvalue weighted by atomic mass is 32.1. The van der Waals surface area contributed by atoms with E-state index in [9.17, 15) is 0 Å². The number of nitrogens with zero attached hydrogens (tertiary/aromatic N) is 2. The van der Waals surface area contributed by atoms with Crippen molar-refractivity contribution in [2.45, 2.75) is 38.9 Å². The number of hydrogen-bond donors (Lipinski definition) is 1. The minimum Gasteiger partial charge on any atom is -0.326 e. The lowest BCUT2D eigenvalue weighted by Crippen LogP contribution is -2.54. The van der Waals surface area contributed by atoms with Crippen LogP contribution in [0.1, 0.15) is 30.3 Å². The number of nitrogens with two attached hydrogens (primary N) is 1. The highest BCUT2D eigenvalue weighted by Crippen LogP contribution is 2.33. The molecule has 1 aliphatic rings. The van der Waals surface area contributed by atoms with Crippen molar-refractivity contribution in [2.24, 2.45) is 5.73 Å². The van der Waals surface area contributed by atoms with Crippen molar-refractivity contribution >= 4 is 11.3 Å². The summed E-state index contributed by atoms with van der Waals surface area (Å²) in [5.74, 6) is 0. The van der Waals surface area contributed by atoms with Crippen molar-refractivity contribution in [2.75, 3.05) is 26.7 Å². The molecule has 1 fully saturated rings. The number of rotatable bonds is 3. The molecule has 2 rings (SSSR count). The highest BCUT2D eigenvalue weighted by molar-refractivity contribution is 7.10. The van der Waals surface area contributed by atoms with Crippen LogP contribution in [0.3, 0.4) is 0 Å². The predicted molar refractivity (Wildman–Crippen MR) is 79.1 cm³/mol. The zero-order valence-electron chi connectivity index (χ0n) is 11.9. The molecule has 1 aliphatic heterocycles. The first kappa shape index (κ1) is 14.0. The summed E-state index contributed by atoms with van der Waals surface area (Å²) >= 11 is 1.85.